The van der Waals surface area contributed by atoms with Crippen molar-refractivity contribution in [3.8, 4) is 11.3 Å². The molecule has 1 aromatic carbocycles. The molecule has 1 heterocycles. The van der Waals surface area contributed by atoms with Gasteiger partial charge in [-0.25, -0.2) is 0 Å². The van der Waals surface area contributed by atoms with E-state index in [0.29, 0.717) is 26.9 Å². The third-order valence-corrected chi connectivity index (χ3v) is 3.70. The van der Waals surface area contributed by atoms with Gasteiger partial charge in [0.05, 0.1) is 21.8 Å². The molecule has 0 spiro atoms. The van der Waals surface area contributed by atoms with E-state index in [9.17, 15) is 4.79 Å². The highest BCUT2D eigenvalue weighted by Gasteiger charge is 2.33. The van der Waals surface area contributed by atoms with Gasteiger partial charge in [-0.15, -0.1) is 0 Å². The van der Waals surface area contributed by atoms with Crippen molar-refractivity contribution in [1.29, 1.82) is 0 Å². The average Bonchev–Trinajstić information content (AvgIpc) is 3.09. The number of Topliss-reactive ketones (excluding diaryl/α,β-unsaturated/α-hetero) is 1. The number of benzene rings is 1. The minimum atomic E-state index is 0.0947. The molecule has 1 fully saturated rings. The normalized spacial score (nSPS) is 14.8. The molecule has 0 atom stereocenters. The maximum atomic E-state index is 12.1. The Kier molecular flexibility index (Phi) is 2.88. The first-order chi connectivity index (χ1) is 8.66. The maximum Gasteiger partial charge on any atom is 0.177 e. The number of hydrogen-bond donors (Lipinski definition) is 0. The molecule has 0 unspecified atom stereocenters. The molecule has 1 aromatic heterocycles. The average molecular weight is 282 g/mol. The van der Waals surface area contributed by atoms with Crippen LogP contribution in [0.1, 0.15) is 23.2 Å². The Morgan fingerprint density at radius 1 is 1.28 bits per heavy atom. The standard InChI is InChI=1S/C13H9Cl2NO2/c14-10-4-3-8(5-11(10)15)13-9(6-16-18-13)12(17)7-1-2-7/h3-7H,1-2H2. The van der Waals surface area contributed by atoms with Crippen LogP contribution < -0.4 is 0 Å². The fraction of sp³-hybridized carbons (Fsp3) is 0.231. The zero-order valence-corrected chi connectivity index (χ0v) is 10.8. The highest BCUT2D eigenvalue weighted by molar-refractivity contribution is 6.42. The van der Waals surface area contributed by atoms with E-state index in [1.54, 1.807) is 18.2 Å². The van der Waals surface area contributed by atoms with Crippen LogP contribution in [0.15, 0.2) is 28.9 Å². The molecule has 18 heavy (non-hydrogen) atoms. The van der Waals surface area contributed by atoms with Crippen molar-refractivity contribution in [1.82, 2.24) is 5.16 Å². The molecule has 1 aliphatic carbocycles. The lowest BCUT2D eigenvalue weighted by atomic mass is 10.0. The number of ketones is 1. The highest BCUT2D eigenvalue weighted by Crippen LogP contribution is 2.36. The molecule has 0 radical (unpaired) electrons. The zero-order valence-electron chi connectivity index (χ0n) is 9.32. The fourth-order valence-electron chi connectivity index (χ4n) is 1.83. The predicted molar refractivity (Wildman–Crippen MR) is 69.0 cm³/mol. The molecule has 2 aromatic rings. The van der Waals surface area contributed by atoms with Gasteiger partial charge in [-0.3, -0.25) is 4.79 Å². The van der Waals surface area contributed by atoms with Crippen molar-refractivity contribution in [3.63, 3.8) is 0 Å². The van der Waals surface area contributed by atoms with E-state index in [1.165, 1.54) is 6.20 Å². The third kappa shape index (κ3) is 2.04. The molecule has 0 N–H and O–H groups in total. The first-order valence-corrected chi connectivity index (χ1v) is 6.36. The molecule has 0 aliphatic heterocycles. The van der Waals surface area contributed by atoms with Crippen LogP contribution in [-0.2, 0) is 0 Å². The van der Waals surface area contributed by atoms with E-state index >= 15 is 0 Å². The molecular weight excluding hydrogens is 273 g/mol. The lowest BCUT2D eigenvalue weighted by Crippen LogP contribution is -2.01. The number of nitrogens with zero attached hydrogens (tertiary/aromatic N) is 1. The van der Waals surface area contributed by atoms with E-state index in [1.807, 2.05) is 0 Å². The van der Waals surface area contributed by atoms with E-state index in [2.05, 4.69) is 5.16 Å². The summed E-state index contributed by atoms with van der Waals surface area (Å²) in [7, 11) is 0. The monoisotopic (exact) mass is 281 g/mol. The van der Waals surface area contributed by atoms with E-state index in [0.717, 1.165) is 12.8 Å². The summed E-state index contributed by atoms with van der Waals surface area (Å²) in [5.41, 5.74) is 1.24. The van der Waals surface area contributed by atoms with E-state index in [4.69, 9.17) is 27.7 Å². The molecular formula is C13H9Cl2NO2. The Labute approximate surface area is 114 Å². The Morgan fingerprint density at radius 3 is 2.72 bits per heavy atom. The van der Waals surface area contributed by atoms with Crippen molar-refractivity contribution >= 4 is 29.0 Å². The van der Waals surface area contributed by atoms with Crippen molar-refractivity contribution in [3.05, 3.63) is 40.0 Å². The summed E-state index contributed by atoms with van der Waals surface area (Å²) < 4.78 is 5.17. The van der Waals surface area contributed by atoms with Gasteiger partial charge >= 0.3 is 0 Å². The molecule has 0 saturated heterocycles. The second kappa shape index (κ2) is 4.41. The van der Waals surface area contributed by atoms with Crippen molar-refractivity contribution in [2.75, 3.05) is 0 Å². The van der Waals surface area contributed by atoms with Gasteiger partial charge in [-0.2, -0.15) is 0 Å². The molecule has 3 nitrogen and oxygen atoms in total. The highest BCUT2D eigenvalue weighted by atomic mass is 35.5. The Morgan fingerprint density at radius 2 is 2.06 bits per heavy atom. The van der Waals surface area contributed by atoms with Gasteiger partial charge in [0.25, 0.3) is 0 Å². The Hall–Kier alpha value is -1.32. The minimum Gasteiger partial charge on any atom is -0.356 e. The summed E-state index contributed by atoms with van der Waals surface area (Å²) in [6.07, 6.45) is 3.37. The fourth-order valence-corrected chi connectivity index (χ4v) is 2.12. The van der Waals surface area contributed by atoms with E-state index < -0.39 is 0 Å². The summed E-state index contributed by atoms with van der Waals surface area (Å²) >= 11 is 11.8. The smallest absolute Gasteiger partial charge is 0.177 e. The molecule has 3 rings (SSSR count). The minimum absolute atomic E-state index is 0.0947. The van der Waals surface area contributed by atoms with Gasteiger partial charge in [-0.05, 0) is 31.0 Å². The van der Waals surface area contributed by atoms with Crippen LogP contribution in [0.4, 0.5) is 0 Å². The van der Waals surface area contributed by atoms with Gasteiger partial charge in [0.15, 0.2) is 11.5 Å². The van der Waals surface area contributed by atoms with Crippen molar-refractivity contribution in [2.24, 2.45) is 5.92 Å². The topological polar surface area (TPSA) is 43.1 Å². The van der Waals surface area contributed by atoms with Crippen LogP contribution >= 0.6 is 23.2 Å². The van der Waals surface area contributed by atoms with Gasteiger partial charge in [0.2, 0.25) is 0 Å². The SMILES string of the molecule is O=C(c1cnoc1-c1ccc(Cl)c(Cl)c1)C1CC1. The largest absolute Gasteiger partial charge is 0.356 e. The van der Waals surface area contributed by atoms with Gasteiger partial charge in [0, 0.05) is 11.5 Å². The number of halogens is 2. The van der Waals surface area contributed by atoms with Gasteiger partial charge in [-0.1, -0.05) is 28.4 Å². The third-order valence-electron chi connectivity index (χ3n) is 2.97. The number of aromatic nitrogens is 1. The number of carbonyl (C=O) groups excluding carboxylic acids is 1. The summed E-state index contributed by atoms with van der Waals surface area (Å²) in [5, 5.41) is 4.60. The van der Waals surface area contributed by atoms with Crippen LogP contribution in [0.3, 0.4) is 0 Å². The van der Waals surface area contributed by atoms with Crippen LogP contribution in [0.2, 0.25) is 10.0 Å². The molecule has 0 amide bonds. The summed E-state index contributed by atoms with van der Waals surface area (Å²) in [6.45, 7) is 0. The molecule has 0 bridgehead atoms. The number of hydrogen-bond acceptors (Lipinski definition) is 3. The molecule has 1 aliphatic rings. The predicted octanol–water partition coefficient (Wildman–Crippen LogP) is 4.24. The first kappa shape index (κ1) is 11.8. The summed E-state index contributed by atoms with van der Waals surface area (Å²) in [4.78, 5) is 12.1. The lowest BCUT2D eigenvalue weighted by molar-refractivity contribution is 0.0968. The van der Waals surface area contributed by atoms with Gasteiger partial charge < -0.3 is 4.52 Å². The van der Waals surface area contributed by atoms with Gasteiger partial charge in [0.1, 0.15) is 0 Å². The second-order valence-corrected chi connectivity index (χ2v) is 5.15. The molecule has 92 valence electrons. The van der Waals surface area contributed by atoms with Crippen LogP contribution in [0.5, 0.6) is 0 Å². The summed E-state index contributed by atoms with van der Waals surface area (Å²) in [5.74, 6) is 0.689. The molecule has 5 heteroatoms. The molecule has 1 saturated carbocycles. The first-order valence-electron chi connectivity index (χ1n) is 5.61. The quantitative estimate of drug-likeness (QED) is 0.791. The number of carbonyl (C=O) groups is 1. The summed E-state index contributed by atoms with van der Waals surface area (Å²) in [6, 6.07) is 5.11. The van der Waals surface area contributed by atoms with Crippen LogP contribution in [-0.4, -0.2) is 10.9 Å². The zero-order chi connectivity index (χ0) is 12.7. The van der Waals surface area contributed by atoms with Crippen LogP contribution in [0.25, 0.3) is 11.3 Å². The van der Waals surface area contributed by atoms with Crippen molar-refractivity contribution in [2.45, 2.75) is 12.8 Å². The Bertz CT molecular complexity index is 617. The number of rotatable bonds is 3. The van der Waals surface area contributed by atoms with Crippen molar-refractivity contribution < 1.29 is 9.32 Å². The maximum absolute atomic E-state index is 12.1. The second-order valence-electron chi connectivity index (χ2n) is 4.34. The van der Waals surface area contributed by atoms with Crippen LogP contribution in [0, 0.1) is 5.92 Å². The van der Waals surface area contributed by atoms with E-state index in [-0.39, 0.29) is 11.7 Å². The Balaban J connectivity index is 2.03. The lowest BCUT2D eigenvalue weighted by Gasteiger charge is -2.01.